The Morgan fingerprint density at radius 2 is 2.09 bits per heavy atom. The predicted octanol–water partition coefficient (Wildman–Crippen LogP) is 2.62. The fourth-order valence-electron chi connectivity index (χ4n) is 1.78. The molecule has 8 heteroatoms. The first kappa shape index (κ1) is 17.0. The number of rotatable bonds is 6. The molecule has 0 N–H and O–H groups in total. The van der Waals surface area contributed by atoms with Gasteiger partial charge in [-0.25, -0.2) is 12.7 Å². The van der Waals surface area contributed by atoms with Crippen LogP contribution in [0.15, 0.2) is 33.7 Å². The monoisotopic (exact) mass is 341 g/mol. The highest BCUT2D eigenvalue weighted by Gasteiger charge is 2.18. The molecule has 0 saturated heterocycles. The molecule has 0 fully saturated rings. The topological polar surface area (TPSA) is 76.3 Å². The minimum atomic E-state index is -3.40. The lowest BCUT2D eigenvalue weighted by Gasteiger charge is -2.12. The first-order valence-corrected chi connectivity index (χ1v) is 9.23. The van der Waals surface area contributed by atoms with E-state index in [1.807, 2.05) is 13.0 Å². The summed E-state index contributed by atoms with van der Waals surface area (Å²) in [6.45, 7) is 3.76. The van der Waals surface area contributed by atoms with Gasteiger partial charge in [-0.05, 0) is 31.5 Å². The number of nitrogens with zero attached hydrogens (tertiary/aromatic N) is 3. The summed E-state index contributed by atoms with van der Waals surface area (Å²) >= 11 is 1.62. The summed E-state index contributed by atoms with van der Waals surface area (Å²) in [5.74, 6) is 1.86. The fraction of sp³-hybridized carbons (Fsp3) is 0.429. The average molecular weight is 341 g/mol. The number of aryl methyl sites for hydroxylation is 1. The van der Waals surface area contributed by atoms with Crippen molar-refractivity contribution in [3.63, 3.8) is 0 Å². The molecule has 0 aliphatic rings. The number of thioether (sulfide) groups is 1. The van der Waals surface area contributed by atoms with E-state index in [-0.39, 0.29) is 5.25 Å². The van der Waals surface area contributed by atoms with Crippen molar-refractivity contribution in [2.75, 3.05) is 14.1 Å². The van der Waals surface area contributed by atoms with Crippen molar-refractivity contribution in [3.8, 4) is 0 Å². The van der Waals surface area contributed by atoms with Gasteiger partial charge in [0.2, 0.25) is 15.9 Å². The Hall–Kier alpha value is -1.38. The quantitative estimate of drug-likeness (QED) is 0.804. The number of aromatic nitrogens is 2. The van der Waals surface area contributed by atoms with E-state index in [1.165, 1.54) is 18.4 Å². The molecule has 2 rings (SSSR count). The van der Waals surface area contributed by atoms with Crippen LogP contribution in [-0.4, -0.2) is 37.0 Å². The van der Waals surface area contributed by atoms with Crippen LogP contribution >= 0.6 is 11.8 Å². The van der Waals surface area contributed by atoms with Gasteiger partial charge in [-0.1, -0.05) is 17.3 Å². The highest BCUT2D eigenvalue weighted by atomic mass is 32.2. The van der Waals surface area contributed by atoms with Crippen LogP contribution in [-0.2, 0) is 15.8 Å². The van der Waals surface area contributed by atoms with Crippen LogP contribution in [0, 0.1) is 6.92 Å². The average Bonchev–Trinajstić information content (AvgIpc) is 2.91. The smallest absolute Gasteiger partial charge is 0.242 e. The molecule has 22 heavy (non-hydrogen) atoms. The third kappa shape index (κ3) is 3.88. The summed E-state index contributed by atoms with van der Waals surface area (Å²) in [5, 5.41) is 3.83. The van der Waals surface area contributed by atoms with Gasteiger partial charge in [0.05, 0.1) is 10.1 Å². The maximum atomic E-state index is 12.1. The summed E-state index contributed by atoms with van der Waals surface area (Å²) in [6, 6.07) is 6.98. The molecule has 120 valence electrons. The van der Waals surface area contributed by atoms with E-state index in [4.69, 9.17) is 4.52 Å². The predicted molar refractivity (Wildman–Crippen MR) is 86.1 cm³/mol. The SMILES string of the molecule is Cc1noc(C(C)SCc2cccc(S(=O)(=O)N(C)C)c2)n1. The van der Waals surface area contributed by atoms with Gasteiger partial charge in [-0.15, -0.1) is 11.8 Å². The van der Waals surface area contributed by atoms with Crippen molar-refractivity contribution >= 4 is 21.8 Å². The van der Waals surface area contributed by atoms with Crippen molar-refractivity contribution in [1.29, 1.82) is 0 Å². The number of hydrogen-bond donors (Lipinski definition) is 0. The zero-order chi connectivity index (χ0) is 16.3. The van der Waals surface area contributed by atoms with Crippen molar-refractivity contribution in [2.24, 2.45) is 0 Å². The first-order chi connectivity index (χ1) is 10.3. The van der Waals surface area contributed by atoms with Gasteiger partial charge < -0.3 is 4.52 Å². The second-order valence-corrected chi connectivity index (χ2v) is 8.55. The maximum Gasteiger partial charge on any atom is 0.242 e. The van der Waals surface area contributed by atoms with E-state index in [0.717, 1.165) is 5.56 Å². The Balaban J connectivity index is 2.08. The molecule has 0 bridgehead atoms. The van der Waals surface area contributed by atoms with Gasteiger partial charge in [0.1, 0.15) is 0 Å². The van der Waals surface area contributed by atoms with Crippen LogP contribution in [0.5, 0.6) is 0 Å². The molecule has 1 aromatic heterocycles. The molecule has 2 aromatic rings. The molecule has 0 spiro atoms. The number of sulfonamides is 1. The Labute approximate surface area is 135 Å². The zero-order valence-corrected chi connectivity index (χ0v) is 14.6. The Morgan fingerprint density at radius 3 is 2.68 bits per heavy atom. The summed E-state index contributed by atoms with van der Waals surface area (Å²) in [7, 11) is -0.354. The first-order valence-electron chi connectivity index (χ1n) is 6.74. The maximum absolute atomic E-state index is 12.1. The van der Waals surface area contributed by atoms with Crippen molar-refractivity contribution in [1.82, 2.24) is 14.4 Å². The molecule has 0 amide bonds. The van der Waals surface area contributed by atoms with Crippen molar-refractivity contribution in [2.45, 2.75) is 29.7 Å². The van der Waals surface area contributed by atoms with E-state index in [0.29, 0.717) is 22.4 Å². The summed E-state index contributed by atoms with van der Waals surface area (Å²) in [5.41, 5.74) is 0.941. The molecule has 1 unspecified atom stereocenters. The summed E-state index contributed by atoms with van der Waals surface area (Å²) in [6.07, 6.45) is 0. The second-order valence-electron chi connectivity index (χ2n) is 5.07. The molecular formula is C14H19N3O3S2. The summed E-state index contributed by atoms with van der Waals surface area (Å²) < 4.78 is 30.6. The molecule has 6 nitrogen and oxygen atoms in total. The minimum absolute atomic E-state index is 0.0512. The number of hydrogen-bond acceptors (Lipinski definition) is 6. The number of benzene rings is 1. The van der Waals surface area contributed by atoms with E-state index in [2.05, 4.69) is 10.1 Å². The highest BCUT2D eigenvalue weighted by molar-refractivity contribution is 7.98. The Morgan fingerprint density at radius 1 is 1.36 bits per heavy atom. The van der Waals surface area contributed by atoms with Crippen LogP contribution in [0.2, 0.25) is 0 Å². The largest absolute Gasteiger partial charge is 0.338 e. The zero-order valence-electron chi connectivity index (χ0n) is 13.0. The van der Waals surface area contributed by atoms with Gasteiger partial charge in [-0.3, -0.25) is 0 Å². The lowest BCUT2D eigenvalue weighted by Crippen LogP contribution is -2.22. The van der Waals surface area contributed by atoms with E-state index < -0.39 is 10.0 Å². The van der Waals surface area contributed by atoms with E-state index in [1.54, 1.807) is 36.9 Å². The van der Waals surface area contributed by atoms with Crippen LogP contribution in [0.25, 0.3) is 0 Å². The van der Waals surface area contributed by atoms with Crippen molar-refractivity contribution < 1.29 is 12.9 Å². The molecule has 0 radical (unpaired) electrons. The van der Waals surface area contributed by atoms with Gasteiger partial charge in [0, 0.05) is 19.8 Å². The molecule has 0 saturated carbocycles. The molecule has 1 heterocycles. The molecule has 1 atom stereocenters. The van der Waals surface area contributed by atoms with Gasteiger partial charge in [0.15, 0.2) is 5.82 Å². The lowest BCUT2D eigenvalue weighted by atomic mass is 10.2. The van der Waals surface area contributed by atoms with E-state index in [9.17, 15) is 8.42 Å². The van der Waals surface area contributed by atoms with Crippen LogP contribution < -0.4 is 0 Å². The molecule has 0 aliphatic heterocycles. The van der Waals surface area contributed by atoms with Crippen LogP contribution in [0.1, 0.15) is 29.5 Å². The third-order valence-corrected chi connectivity index (χ3v) is 6.08. The van der Waals surface area contributed by atoms with Gasteiger partial charge in [-0.2, -0.15) is 4.98 Å². The van der Waals surface area contributed by atoms with E-state index >= 15 is 0 Å². The minimum Gasteiger partial charge on any atom is -0.338 e. The molecular weight excluding hydrogens is 322 g/mol. The fourth-order valence-corrected chi connectivity index (χ4v) is 3.61. The Bertz CT molecular complexity index is 741. The lowest BCUT2D eigenvalue weighted by molar-refractivity contribution is 0.376. The van der Waals surface area contributed by atoms with Gasteiger partial charge in [0.25, 0.3) is 0 Å². The third-order valence-electron chi connectivity index (χ3n) is 3.07. The molecule has 1 aromatic carbocycles. The van der Waals surface area contributed by atoms with Crippen LogP contribution in [0.4, 0.5) is 0 Å². The van der Waals surface area contributed by atoms with Crippen LogP contribution in [0.3, 0.4) is 0 Å². The normalized spacial score (nSPS) is 13.5. The van der Waals surface area contributed by atoms with Gasteiger partial charge >= 0.3 is 0 Å². The van der Waals surface area contributed by atoms with Crippen molar-refractivity contribution in [3.05, 3.63) is 41.5 Å². The summed E-state index contributed by atoms with van der Waals surface area (Å²) in [4.78, 5) is 4.50. The second kappa shape index (κ2) is 6.80. The Kier molecular flexibility index (Phi) is 5.25. The molecule has 0 aliphatic carbocycles. The standard InChI is InChI=1S/C14H19N3O3S2/c1-10(14-15-11(2)16-20-14)21-9-12-6-5-7-13(8-12)22(18,19)17(3)4/h5-8,10H,9H2,1-4H3. The highest BCUT2D eigenvalue weighted by Crippen LogP contribution is 2.30.